The second-order valence-electron chi connectivity index (χ2n) is 24.0. The number of hydrogen-bond acceptors (Lipinski definition) is 12. The van der Waals surface area contributed by atoms with E-state index < -0.39 is 204 Å². The molecule has 538 valence electrons. The highest BCUT2D eigenvalue weighted by Gasteiger charge is 2.86. The first-order valence-electron chi connectivity index (χ1n) is 26.1. The average Bonchev–Trinajstić information content (AvgIpc) is 0.673. The van der Waals surface area contributed by atoms with Gasteiger partial charge < -0.3 is 28.4 Å². The first-order chi connectivity index (χ1) is 41.9. The fraction of sp³-hybridized carbons (Fsp3) is 0.870. The molecule has 0 aromatic carbocycles. The maximum Gasteiger partial charge on any atom is 0.460 e. The summed E-state index contributed by atoms with van der Waals surface area (Å²) in [6.45, 7) is -13.5. The highest BCUT2D eigenvalue weighted by atomic mass is 19.5. The third-order valence-electron chi connectivity index (χ3n) is 17.3. The van der Waals surface area contributed by atoms with Crippen LogP contribution in [-0.4, -0.2) is 163 Å². The van der Waals surface area contributed by atoms with Gasteiger partial charge >= 0.3 is 132 Å². The van der Waals surface area contributed by atoms with Gasteiger partial charge in [0.15, 0.2) is 26.4 Å². The Morgan fingerprint density at radius 2 is 0.436 bits per heavy atom. The molecular weight excluding hydrogens is 1420 g/mol. The maximum atomic E-state index is 14.7. The fourth-order valence-corrected chi connectivity index (χ4v) is 13.8. The molecule has 8 aliphatic rings. The Morgan fingerprint density at radius 1 is 0.255 bits per heavy atom. The zero-order valence-corrected chi connectivity index (χ0v) is 45.4. The van der Waals surface area contributed by atoms with Crippen molar-refractivity contribution < 1.29 is 186 Å². The summed E-state index contributed by atoms with van der Waals surface area (Å²) in [7, 11) is 0. The van der Waals surface area contributed by atoms with Gasteiger partial charge in [0.2, 0.25) is 0 Å². The van der Waals surface area contributed by atoms with E-state index in [4.69, 9.17) is 9.47 Å². The molecule has 12 nitrogen and oxygen atoms in total. The van der Waals surface area contributed by atoms with Gasteiger partial charge in [-0.1, -0.05) is 0 Å². The minimum Gasteiger partial charge on any atom is -0.457 e. The van der Waals surface area contributed by atoms with E-state index in [1.165, 1.54) is 0 Å². The Labute approximate surface area is 497 Å². The summed E-state index contributed by atoms with van der Waals surface area (Å²) in [5.74, 6) is -89.3. The molecule has 8 saturated carbocycles. The van der Waals surface area contributed by atoms with Crippen LogP contribution in [-0.2, 0) is 0 Å². The predicted octanol–water partition coefficient (Wildman–Crippen LogP) is 15.6. The van der Waals surface area contributed by atoms with Crippen LogP contribution in [0.25, 0.3) is 0 Å². The van der Waals surface area contributed by atoms with Gasteiger partial charge in [-0.3, -0.25) is 0 Å². The number of nitrogens with zero attached hydrogens (tertiary/aromatic N) is 6. The van der Waals surface area contributed by atoms with Crippen LogP contribution in [0, 0.1) is 34.5 Å². The third kappa shape index (κ3) is 11.9. The SMILES string of the molecule is FC(F)(F)C(F)(F)C(F)(F)C(F)(F)COc1nc(OCC(F)(F)C(F)(F)C(F)(F)C(F)(F)F)nc(OC23CC4CC(C2)CC(C25CC6CC(CC(Oc7nc(OCC(F)(F)C(F)(F)C(F)(F)C(F)(F)F)nc(OCC(F)(F)C(F)(F)C(F)(F)C(F)(F)F)n7)(C6)C2)C5)(C4)C3)n1. The fourth-order valence-electron chi connectivity index (χ4n) is 13.8. The van der Waals surface area contributed by atoms with Gasteiger partial charge in [0.25, 0.3) is 0 Å². The molecule has 4 unspecified atom stereocenters. The van der Waals surface area contributed by atoms with Crippen molar-refractivity contribution in [1.82, 2.24) is 29.9 Å². The first-order valence-corrected chi connectivity index (χ1v) is 26.1. The van der Waals surface area contributed by atoms with Crippen molar-refractivity contribution in [1.29, 1.82) is 0 Å². The number of ether oxygens (including phenoxy) is 6. The average molecular weight is 1450 g/mol. The summed E-state index contributed by atoms with van der Waals surface area (Å²) in [6, 6.07) is -11.6. The molecule has 94 heavy (non-hydrogen) atoms. The standard InChI is InChI=1S/C46H36F36N6O6/c47-31(48,35(55,56)39(63,64)43(71,72)73)13-89-21-83-22(90-14-32(49,50)36(57,58)40(65,66)44(74,75)76)86-25(85-21)93-29-7-17-1-18(8-29)4-27(3-17,11-29)28-5-19-2-20(6-28)10-30(9-19,12-28)94-26-87-23(91-15-33(51,52)37(59,60)41(67,68)45(77,78)79)84-24(88-26)92-16-34(53,54)38(61,62)42(69,70)46(80,81)82/h17-20H,1-16H2. The minimum absolute atomic E-state index is 0.127. The highest BCUT2D eigenvalue weighted by molar-refractivity contribution is 5.24. The molecule has 0 amide bonds. The summed E-state index contributed by atoms with van der Waals surface area (Å²) in [6.07, 6.45) is -30.2. The Bertz CT molecular complexity index is 2760. The van der Waals surface area contributed by atoms with Crippen LogP contribution in [0.4, 0.5) is 158 Å². The van der Waals surface area contributed by atoms with Gasteiger partial charge in [-0.05, 0) is 112 Å². The Morgan fingerprint density at radius 3 is 0.617 bits per heavy atom. The van der Waals surface area contributed by atoms with Gasteiger partial charge in [0.05, 0.1) is 0 Å². The lowest BCUT2D eigenvalue weighted by atomic mass is 9.34. The van der Waals surface area contributed by atoms with Crippen molar-refractivity contribution in [3.05, 3.63) is 0 Å². The molecule has 0 N–H and O–H groups in total. The lowest BCUT2D eigenvalue weighted by Crippen LogP contribution is -2.69. The molecular formula is C46H36F36N6O6. The van der Waals surface area contributed by atoms with E-state index in [0.717, 1.165) is 0 Å². The molecule has 0 aliphatic heterocycles. The van der Waals surface area contributed by atoms with Crippen LogP contribution in [0.3, 0.4) is 0 Å². The van der Waals surface area contributed by atoms with E-state index >= 15 is 0 Å². The molecule has 0 spiro atoms. The molecule has 0 radical (unpaired) electrons. The molecule has 8 aliphatic carbocycles. The zero-order chi connectivity index (χ0) is 71.6. The molecule has 48 heteroatoms. The molecule has 8 bridgehead atoms. The van der Waals surface area contributed by atoms with Crippen molar-refractivity contribution in [3.63, 3.8) is 0 Å². The predicted molar refractivity (Wildman–Crippen MR) is 226 cm³/mol. The van der Waals surface area contributed by atoms with Crippen molar-refractivity contribution in [3.8, 4) is 36.1 Å². The second-order valence-corrected chi connectivity index (χ2v) is 24.0. The molecule has 2 aromatic heterocycles. The minimum atomic E-state index is -7.59. The van der Waals surface area contributed by atoms with E-state index in [0.29, 0.717) is 0 Å². The topological polar surface area (TPSA) is 133 Å². The van der Waals surface area contributed by atoms with E-state index in [-0.39, 0.29) is 77.0 Å². The van der Waals surface area contributed by atoms with Gasteiger partial charge in [-0.2, -0.15) is 158 Å². The normalized spacial score (nSPS) is 27.8. The van der Waals surface area contributed by atoms with Crippen molar-refractivity contribution >= 4 is 0 Å². The van der Waals surface area contributed by atoms with E-state index in [1.54, 1.807) is 0 Å². The Kier molecular flexibility index (Phi) is 17.3. The maximum absolute atomic E-state index is 14.7. The lowest BCUT2D eigenvalue weighted by Gasteiger charge is -2.73. The number of alkyl halides is 36. The lowest BCUT2D eigenvalue weighted by molar-refractivity contribution is -0.398. The van der Waals surface area contributed by atoms with Crippen molar-refractivity contribution in [2.75, 3.05) is 26.4 Å². The number of rotatable bonds is 25. The van der Waals surface area contributed by atoms with Crippen molar-refractivity contribution in [2.45, 2.75) is 184 Å². The zero-order valence-electron chi connectivity index (χ0n) is 45.4. The summed E-state index contributed by atoms with van der Waals surface area (Å²) in [5.41, 5.74) is -6.16. The summed E-state index contributed by atoms with van der Waals surface area (Å²) in [5, 5.41) is 0. The number of aromatic nitrogens is 6. The molecule has 10 rings (SSSR count). The van der Waals surface area contributed by atoms with Crippen LogP contribution < -0.4 is 28.4 Å². The summed E-state index contributed by atoms with van der Waals surface area (Å²) < 4.78 is 524. The first kappa shape index (κ1) is 74.1. The van der Waals surface area contributed by atoms with E-state index in [1.807, 2.05) is 0 Å². The van der Waals surface area contributed by atoms with Gasteiger partial charge in [0, 0.05) is 0 Å². The van der Waals surface area contributed by atoms with Crippen LogP contribution >= 0.6 is 0 Å². The Hall–Kier alpha value is -5.70. The van der Waals surface area contributed by atoms with E-state index in [9.17, 15) is 158 Å². The van der Waals surface area contributed by atoms with E-state index in [2.05, 4.69) is 48.9 Å². The molecule has 2 heterocycles. The van der Waals surface area contributed by atoms with Gasteiger partial charge in [-0.25, -0.2) is 0 Å². The number of halogens is 36. The molecule has 2 aromatic rings. The molecule has 8 fully saturated rings. The van der Waals surface area contributed by atoms with Gasteiger partial charge in [0.1, 0.15) is 11.2 Å². The highest BCUT2D eigenvalue weighted by Crippen LogP contribution is 2.77. The molecule has 0 saturated heterocycles. The Balaban J connectivity index is 1.13. The number of hydrogen-bond donors (Lipinski definition) is 0. The van der Waals surface area contributed by atoms with Crippen LogP contribution in [0.5, 0.6) is 36.1 Å². The third-order valence-corrected chi connectivity index (χ3v) is 17.3. The van der Waals surface area contributed by atoms with Crippen LogP contribution in [0.2, 0.25) is 0 Å². The summed E-state index contributed by atoms with van der Waals surface area (Å²) >= 11 is 0. The monoisotopic (exact) mass is 1450 g/mol. The van der Waals surface area contributed by atoms with Crippen molar-refractivity contribution in [2.24, 2.45) is 34.5 Å². The van der Waals surface area contributed by atoms with Gasteiger partial charge in [-0.15, -0.1) is 29.9 Å². The molecule has 4 atom stereocenters. The largest absolute Gasteiger partial charge is 0.460 e. The second kappa shape index (κ2) is 21.9. The van der Waals surface area contributed by atoms with Crippen LogP contribution in [0.15, 0.2) is 0 Å². The summed E-state index contributed by atoms with van der Waals surface area (Å²) in [4.78, 5) is 18.6. The quantitative estimate of drug-likeness (QED) is 0.0877. The van der Waals surface area contributed by atoms with Crippen LogP contribution in [0.1, 0.15) is 77.0 Å². The smallest absolute Gasteiger partial charge is 0.457 e.